The van der Waals surface area contributed by atoms with E-state index in [0.717, 1.165) is 35.8 Å². The van der Waals surface area contributed by atoms with Crippen LogP contribution in [0.1, 0.15) is 12.2 Å². The molecule has 0 bridgehead atoms. The number of carbonyl (C=O) groups excluding carboxylic acids is 1. The number of H-pyrrole nitrogens is 1. The third kappa shape index (κ3) is 4.37. The first-order chi connectivity index (χ1) is 14.2. The van der Waals surface area contributed by atoms with Crippen molar-refractivity contribution in [1.82, 2.24) is 24.8 Å². The number of benzene rings is 1. The summed E-state index contributed by atoms with van der Waals surface area (Å²) in [6.07, 6.45) is 4.52. The Labute approximate surface area is 169 Å². The predicted octanol–water partition coefficient (Wildman–Crippen LogP) is 2.20. The van der Waals surface area contributed by atoms with Crippen LogP contribution in [0.5, 0.6) is 5.75 Å². The lowest BCUT2D eigenvalue weighted by molar-refractivity contribution is -0.126. The zero-order valence-corrected chi connectivity index (χ0v) is 16.3. The zero-order chi connectivity index (χ0) is 20.1. The first kappa shape index (κ1) is 18.9. The predicted molar refractivity (Wildman–Crippen MR) is 111 cm³/mol. The molecule has 0 aliphatic carbocycles. The molecule has 0 radical (unpaired) electrons. The first-order valence-corrected chi connectivity index (χ1v) is 9.78. The molecule has 1 saturated heterocycles. The lowest BCUT2D eigenvalue weighted by Gasteiger charge is -2.34. The molecule has 0 unspecified atom stereocenters. The van der Waals surface area contributed by atoms with E-state index in [1.807, 2.05) is 30.3 Å². The molecule has 2 aromatic heterocycles. The Kier molecular flexibility index (Phi) is 5.69. The summed E-state index contributed by atoms with van der Waals surface area (Å²) in [4.78, 5) is 32.5. The van der Waals surface area contributed by atoms with Gasteiger partial charge in [-0.1, -0.05) is 24.8 Å². The van der Waals surface area contributed by atoms with Gasteiger partial charge in [0.25, 0.3) is 0 Å². The van der Waals surface area contributed by atoms with Crippen molar-refractivity contribution in [3.8, 4) is 5.75 Å². The summed E-state index contributed by atoms with van der Waals surface area (Å²) < 4.78 is 5.74. The van der Waals surface area contributed by atoms with Crippen LogP contribution in [0.25, 0.3) is 11.2 Å². The Balaban J connectivity index is 1.38. The number of fused-ring (bicyclic) bond motifs is 1. The van der Waals surface area contributed by atoms with Crippen LogP contribution in [0, 0.1) is 0 Å². The number of nitrogens with zero attached hydrogens (tertiary/aromatic N) is 5. The van der Waals surface area contributed by atoms with Crippen LogP contribution in [-0.2, 0) is 11.2 Å². The van der Waals surface area contributed by atoms with E-state index in [9.17, 15) is 4.79 Å². The number of para-hydroxylation sites is 1. The molecule has 3 aromatic rings. The maximum absolute atomic E-state index is 11.8. The third-order valence-electron chi connectivity index (χ3n) is 4.95. The number of aromatic amines is 1. The number of piperazine rings is 1. The number of imidazole rings is 1. The molecule has 1 N–H and O–H groups in total. The van der Waals surface area contributed by atoms with Gasteiger partial charge < -0.3 is 19.5 Å². The van der Waals surface area contributed by atoms with Crippen molar-refractivity contribution in [3.05, 3.63) is 55.1 Å². The highest BCUT2D eigenvalue weighted by Gasteiger charge is 2.22. The van der Waals surface area contributed by atoms with Crippen molar-refractivity contribution in [1.29, 1.82) is 0 Å². The summed E-state index contributed by atoms with van der Waals surface area (Å²) in [6.45, 7) is 6.90. The fourth-order valence-electron chi connectivity index (χ4n) is 3.44. The highest BCUT2D eigenvalue weighted by Crippen LogP contribution is 2.22. The second kappa shape index (κ2) is 8.72. The van der Waals surface area contributed by atoms with E-state index in [1.54, 1.807) is 11.2 Å². The van der Waals surface area contributed by atoms with Gasteiger partial charge in [0.05, 0.1) is 6.61 Å². The van der Waals surface area contributed by atoms with Crippen LogP contribution >= 0.6 is 0 Å². The van der Waals surface area contributed by atoms with Gasteiger partial charge in [-0.3, -0.25) is 4.79 Å². The molecule has 4 rings (SSSR count). The van der Waals surface area contributed by atoms with Gasteiger partial charge in [-0.25, -0.2) is 15.0 Å². The minimum absolute atomic E-state index is 0.0287. The second-order valence-electron chi connectivity index (χ2n) is 6.86. The van der Waals surface area contributed by atoms with Crippen molar-refractivity contribution >= 4 is 22.9 Å². The smallest absolute Gasteiger partial charge is 0.246 e. The number of amides is 1. The summed E-state index contributed by atoms with van der Waals surface area (Å²) in [5.74, 6) is 2.55. The number of nitrogens with one attached hydrogen (secondary N) is 1. The van der Waals surface area contributed by atoms with Crippen molar-refractivity contribution in [2.45, 2.75) is 12.8 Å². The maximum Gasteiger partial charge on any atom is 0.246 e. The van der Waals surface area contributed by atoms with E-state index in [0.29, 0.717) is 38.4 Å². The van der Waals surface area contributed by atoms with Crippen molar-refractivity contribution < 1.29 is 9.53 Å². The fraction of sp³-hybridized carbons (Fsp3) is 0.333. The van der Waals surface area contributed by atoms with E-state index >= 15 is 0 Å². The van der Waals surface area contributed by atoms with E-state index in [-0.39, 0.29) is 5.91 Å². The average molecular weight is 392 g/mol. The molecule has 1 aromatic carbocycles. The molecule has 8 heteroatoms. The van der Waals surface area contributed by atoms with Gasteiger partial charge in [0, 0.05) is 32.6 Å². The minimum Gasteiger partial charge on any atom is -0.494 e. The number of rotatable bonds is 7. The molecule has 3 heterocycles. The molecule has 150 valence electrons. The quantitative estimate of drug-likeness (QED) is 0.490. The zero-order valence-electron chi connectivity index (χ0n) is 16.3. The Hall–Kier alpha value is -3.42. The Bertz CT molecular complexity index is 979. The molecule has 0 atom stereocenters. The lowest BCUT2D eigenvalue weighted by atomic mass is 10.3. The molecule has 29 heavy (non-hydrogen) atoms. The highest BCUT2D eigenvalue weighted by atomic mass is 16.5. The van der Waals surface area contributed by atoms with Crippen LogP contribution in [0.3, 0.4) is 0 Å². The normalized spacial score (nSPS) is 14.2. The molecule has 1 fully saturated rings. The van der Waals surface area contributed by atoms with Gasteiger partial charge in [-0.15, -0.1) is 0 Å². The van der Waals surface area contributed by atoms with E-state index in [1.165, 1.54) is 6.08 Å². The molecule has 0 saturated carbocycles. The number of hydrogen-bond acceptors (Lipinski definition) is 6. The Morgan fingerprint density at radius 1 is 1.17 bits per heavy atom. The summed E-state index contributed by atoms with van der Waals surface area (Å²) >= 11 is 0. The molecule has 1 aliphatic heterocycles. The first-order valence-electron chi connectivity index (χ1n) is 9.78. The van der Waals surface area contributed by atoms with Crippen LogP contribution in [0.2, 0.25) is 0 Å². The standard InChI is InChI=1S/C21H24N6O2/c1-2-18(28)26-10-12-27(13-11-26)21-19-20(22-15-23-21)25-17(24-19)9-6-14-29-16-7-4-3-5-8-16/h2-5,7-8,15H,1,6,9-14H2,(H,22,23,24,25). The molecule has 1 aliphatic rings. The van der Waals surface area contributed by atoms with Crippen LogP contribution < -0.4 is 9.64 Å². The fourth-order valence-corrected chi connectivity index (χ4v) is 3.44. The SMILES string of the molecule is C=CC(=O)N1CCN(c2ncnc3nc(CCCOc4ccccc4)[nH]c23)CC1. The van der Waals surface area contributed by atoms with Crippen LogP contribution in [-0.4, -0.2) is 63.5 Å². The number of anilines is 1. The van der Waals surface area contributed by atoms with E-state index in [2.05, 4.69) is 31.4 Å². The van der Waals surface area contributed by atoms with Gasteiger partial charge in [0.1, 0.15) is 23.4 Å². The Morgan fingerprint density at radius 3 is 2.72 bits per heavy atom. The average Bonchev–Trinajstić information content (AvgIpc) is 3.20. The van der Waals surface area contributed by atoms with Gasteiger partial charge in [-0.05, 0) is 24.6 Å². The van der Waals surface area contributed by atoms with Gasteiger partial charge >= 0.3 is 0 Å². The number of aromatic nitrogens is 4. The largest absolute Gasteiger partial charge is 0.494 e. The lowest BCUT2D eigenvalue weighted by Crippen LogP contribution is -2.48. The van der Waals surface area contributed by atoms with Crippen molar-refractivity contribution in [2.75, 3.05) is 37.7 Å². The molecule has 0 spiro atoms. The van der Waals surface area contributed by atoms with Crippen molar-refractivity contribution in [3.63, 3.8) is 0 Å². The highest BCUT2D eigenvalue weighted by molar-refractivity contribution is 5.87. The topological polar surface area (TPSA) is 87.2 Å². The molecular weight excluding hydrogens is 368 g/mol. The van der Waals surface area contributed by atoms with Crippen LogP contribution in [0.15, 0.2) is 49.3 Å². The number of carbonyl (C=O) groups is 1. The summed E-state index contributed by atoms with van der Waals surface area (Å²) in [5.41, 5.74) is 1.51. The summed E-state index contributed by atoms with van der Waals surface area (Å²) in [7, 11) is 0. The van der Waals surface area contributed by atoms with Gasteiger partial charge in [-0.2, -0.15) is 0 Å². The monoisotopic (exact) mass is 392 g/mol. The Morgan fingerprint density at radius 2 is 1.97 bits per heavy atom. The molecular formula is C21H24N6O2. The summed E-state index contributed by atoms with van der Waals surface area (Å²) in [6, 6.07) is 9.79. The number of ether oxygens (including phenoxy) is 1. The second-order valence-corrected chi connectivity index (χ2v) is 6.86. The minimum atomic E-state index is -0.0287. The molecule has 8 nitrogen and oxygen atoms in total. The number of aryl methyl sites for hydroxylation is 1. The van der Waals surface area contributed by atoms with E-state index in [4.69, 9.17) is 4.74 Å². The van der Waals surface area contributed by atoms with Gasteiger partial charge in [0.2, 0.25) is 5.91 Å². The van der Waals surface area contributed by atoms with Crippen LogP contribution in [0.4, 0.5) is 5.82 Å². The maximum atomic E-state index is 11.8. The van der Waals surface area contributed by atoms with Gasteiger partial charge in [0.15, 0.2) is 11.5 Å². The summed E-state index contributed by atoms with van der Waals surface area (Å²) in [5, 5.41) is 0. The molecule has 1 amide bonds. The van der Waals surface area contributed by atoms with Crippen molar-refractivity contribution in [2.24, 2.45) is 0 Å². The third-order valence-corrected chi connectivity index (χ3v) is 4.95. The number of hydrogen-bond donors (Lipinski definition) is 1. The van der Waals surface area contributed by atoms with E-state index < -0.39 is 0 Å².